The molecule has 0 spiro atoms. The summed E-state index contributed by atoms with van der Waals surface area (Å²) >= 11 is 6.16. The lowest BCUT2D eigenvalue weighted by atomic mass is 9.95. The van der Waals surface area contributed by atoms with Crippen LogP contribution in [0.5, 0.6) is 0 Å². The van der Waals surface area contributed by atoms with E-state index in [1.165, 1.54) is 25.7 Å². The molecule has 1 heterocycles. The molecule has 0 amide bonds. The Hall–Kier alpha value is -1.55. The van der Waals surface area contributed by atoms with Gasteiger partial charge in [-0.2, -0.15) is 5.10 Å². The Morgan fingerprint density at radius 1 is 1.25 bits per heavy atom. The quantitative estimate of drug-likeness (QED) is 0.940. The number of hydrogen-bond acceptors (Lipinski definition) is 3. The molecule has 0 radical (unpaired) electrons. The highest BCUT2D eigenvalue weighted by Crippen LogP contribution is 2.46. The van der Waals surface area contributed by atoms with Crippen molar-refractivity contribution in [1.29, 1.82) is 0 Å². The van der Waals surface area contributed by atoms with Crippen molar-refractivity contribution in [3.05, 3.63) is 35.9 Å². The monoisotopic (exact) mass is 288 g/mol. The van der Waals surface area contributed by atoms with Crippen LogP contribution >= 0.6 is 11.6 Å². The molecule has 2 saturated carbocycles. The first-order valence-electron chi connectivity index (χ1n) is 7.20. The van der Waals surface area contributed by atoms with Crippen LogP contribution in [0, 0.1) is 11.8 Å². The van der Waals surface area contributed by atoms with Crippen molar-refractivity contribution < 1.29 is 0 Å². The van der Waals surface area contributed by atoms with Gasteiger partial charge in [-0.1, -0.05) is 18.0 Å². The number of nitrogens with one attached hydrogen (secondary N) is 1. The molecule has 5 heteroatoms. The summed E-state index contributed by atoms with van der Waals surface area (Å²) in [6.07, 6.45) is 8.71. The molecule has 4 nitrogen and oxygen atoms in total. The third-order valence-electron chi connectivity index (χ3n) is 4.70. The normalized spacial score (nSPS) is 27.9. The number of nitrogens with zero attached hydrogens (tertiary/aromatic N) is 3. The fourth-order valence-corrected chi connectivity index (χ4v) is 3.95. The molecule has 0 aliphatic heterocycles. The number of fused-ring (bicyclic) bond motifs is 2. The lowest BCUT2D eigenvalue weighted by molar-refractivity contribution is 0.439. The molecular formula is C15H17ClN4. The number of hydrogen-bond donors (Lipinski definition) is 1. The van der Waals surface area contributed by atoms with E-state index in [9.17, 15) is 0 Å². The number of aromatic nitrogens is 3. The van der Waals surface area contributed by atoms with Crippen molar-refractivity contribution in [1.82, 2.24) is 14.8 Å². The standard InChI is InChI=1S/C15H17ClN4/c16-12-3-4-15(20-9-17-8-18-20)14(7-12)19-13-6-10-1-2-11(13)5-10/h3-4,7-11,13,19H,1-2,5-6H2. The van der Waals surface area contributed by atoms with Gasteiger partial charge < -0.3 is 5.32 Å². The maximum atomic E-state index is 6.16. The van der Waals surface area contributed by atoms with Crippen LogP contribution in [-0.2, 0) is 0 Å². The lowest BCUT2D eigenvalue weighted by Gasteiger charge is -2.25. The van der Waals surface area contributed by atoms with Crippen molar-refractivity contribution in [2.75, 3.05) is 5.32 Å². The van der Waals surface area contributed by atoms with Gasteiger partial charge in [-0.05, 0) is 49.3 Å². The van der Waals surface area contributed by atoms with Crippen LogP contribution in [0.4, 0.5) is 5.69 Å². The maximum Gasteiger partial charge on any atom is 0.138 e. The van der Waals surface area contributed by atoms with Crippen LogP contribution in [0.25, 0.3) is 5.69 Å². The Morgan fingerprint density at radius 2 is 2.20 bits per heavy atom. The molecular weight excluding hydrogens is 272 g/mol. The highest BCUT2D eigenvalue weighted by Gasteiger charge is 2.39. The molecule has 2 aliphatic carbocycles. The van der Waals surface area contributed by atoms with Crippen molar-refractivity contribution in [3.8, 4) is 5.69 Å². The second-order valence-electron chi connectivity index (χ2n) is 5.93. The fourth-order valence-electron chi connectivity index (χ4n) is 3.78. The van der Waals surface area contributed by atoms with Crippen LogP contribution in [0.3, 0.4) is 0 Å². The average molecular weight is 289 g/mol. The van der Waals surface area contributed by atoms with Gasteiger partial charge in [0.05, 0.1) is 11.4 Å². The first-order chi connectivity index (χ1) is 9.79. The van der Waals surface area contributed by atoms with E-state index in [2.05, 4.69) is 15.4 Å². The number of benzene rings is 1. The predicted molar refractivity (Wildman–Crippen MR) is 79.2 cm³/mol. The fraction of sp³-hybridized carbons (Fsp3) is 0.467. The molecule has 1 aromatic heterocycles. The van der Waals surface area contributed by atoms with Gasteiger partial charge in [-0.15, -0.1) is 0 Å². The van der Waals surface area contributed by atoms with E-state index in [0.29, 0.717) is 6.04 Å². The van der Waals surface area contributed by atoms with Gasteiger partial charge in [-0.3, -0.25) is 0 Å². The van der Waals surface area contributed by atoms with Gasteiger partial charge in [0, 0.05) is 11.1 Å². The van der Waals surface area contributed by atoms with Gasteiger partial charge in [0.1, 0.15) is 12.7 Å². The van der Waals surface area contributed by atoms with Crippen LogP contribution in [0.1, 0.15) is 25.7 Å². The van der Waals surface area contributed by atoms with Gasteiger partial charge in [0.2, 0.25) is 0 Å². The SMILES string of the molecule is Clc1ccc(-n2cncn2)c(NC2CC3CCC2C3)c1. The van der Waals surface area contributed by atoms with Crippen LogP contribution in [0.2, 0.25) is 5.02 Å². The second-order valence-corrected chi connectivity index (χ2v) is 6.36. The summed E-state index contributed by atoms with van der Waals surface area (Å²) in [5.74, 6) is 1.74. The summed E-state index contributed by atoms with van der Waals surface area (Å²) in [6.45, 7) is 0. The summed E-state index contributed by atoms with van der Waals surface area (Å²) in [6, 6.07) is 6.45. The van der Waals surface area contributed by atoms with Crippen LogP contribution < -0.4 is 5.32 Å². The summed E-state index contributed by atoms with van der Waals surface area (Å²) in [4.78, 5) is 4.02. The van der Waals surface area contributed by atoms with E-state index < -0.39 is 0 Å². The van der Waals surface area contributed by atoms with Crippen molar-refractivity contribution in [2.24, 2.45) is 11.8 Å². The minimum absolute atomic E-state index is 0.578. The summed E-state index contributed by atoms with van der Waals surface area (Å²) in [5.41, 5.74) is 2.07. The molecule has 1 N–H and O–H groups in total. The molecule has 3 atom stereocenters. The van der Waals surface area contributed by atoms with Crippen LogP contribution in [-0.4, -0.2) is 20.8 Å². The molecule has 3 unspecified atom stereocenters. The van der Waals surface area contributed by atoms with Gasteiger partial charge in [0.25, 0.3) is 0 Å². The first-order valence-corrected chi connectivity index (χ1v) is 7.58. The summed E-state index contributed by atoms with van der Waals surface area (Å²) in [7, 11) is 0. The Kier molecular flexibility index (Phi) is 2.91. The maximum absolute atomic E-state index is 6.16. The first kappa shape index (κ1) is 12.2. The van der Waals surface area contributed by atoms with Crippen LogP contribution in [0.15, 0.2) is 30.9 Å². The zero-order chi connectivity index (χ0) is 13.5. The number of rotatable bonds is 3. The topological polar surface area (TPSA) is 42.7 Å². The predicted octanol–water partition coefficient (Wildman–Crippen LogP) is 3.52. The lowest BCUT2D eigenvalue weighted by Crippen LogP contribution is -2.26. The van der Waals surface area contributed by atoms with E-state index in [1.807, 2.05) is 18.2 Å². The van der Waals surface area contributed by atoms with E-state index in [1.54, 1.807) is 17.3 Å². The minimum atomic E-state index is 0.578. The van der Waals surface area contributed by atoms with Gasteiger partial charge in [0.15, 0.2) is 0 Å². The third-order valence-corrected chi connectivity index (χ3v) is 4.94. The Morgan fingerprint density at radius 3 is 2.90 bits per heavy atom. The van der Waals surface area contributed by atoms with E-state index >= 15 is 0 Å². The smallest absolute Gasteiger partial charge is 0.138 e. The zero-order valence-corrected chi connectivity index (χ0v) is 11.9. The van der Waals surface area contributed by atoms with E-state index in [4.69, 9.17) is 11.6 Å². The summed E-state index contributed by atoms with van der Waals surface area (Å²) in [5, 5.41) is 8.67. The number of anilines is 1. The van der Waals surface area contributed by atoms with E-state index in [-0.39, 0.29) is 0 Å². The third kappa shape index (κ3) is 2.08. The van der Waals surface area contributed by atoms with Crippen molar-refractivity contribution in [2.45, 2.75) is 31.7 Å². The molecule has 104 valence electrons. The second kappa shape index (κ2) is 4.77. The highest BCUT2D eigenvalue weighted by atomic mass is 35.5. The highest BCUT2D eigenvalue weighted by molar-refractivity contribution is 6.31. The Balaban J connectivity index is 1.65. The molecule has 2 bridgehead atoms. The Bertz CT molecular complexity index is 610. The molecule has 2 aromatic rings. The molecule has 2 fully saturated rings. The number of halogens is 1. The molecule has 20 heavy (non-hydrogen) atoms. The van der Waals surface area contributed by atoms with Crippen molar-refractivity contribution in [3.63, 3.8) is 0 Å². The Labute approximate surface area is 123 Å². The van der Waals surface area contributed by atoms with Gasteiger partial charge >= 0.3 is 0 Å². The van der Waals surface area contributed by atoms with Crippen molar-refractivity contribution >= 4 is 17.3 Å². The molecule has 0 saturated heterocycles. The average Bonchev–Trinajstić information content (AvgIpc) is 3.16. The minimum Gasteiger partial charge on any atom is -0.380 e. The molecule has 2 aliphatic rings. The summed E-state index contributed by atoms with van der Waals surface area (Å²) < 4.78 is 1.78. The largest absolute Gasteiger partial charge is 0.380 e. The molecule has 4 rings (SSSR count). The molecule has 1 aromatic carbocycles. The zero-order valence-electron chi connectivity index (χ0n) is 11.2. The van der Waals surface area contributed by atoms with Gasteiger partial charge in [-0.25, -0.2) is 9.67 Å². The van der Waals surface area contributed by atoms with E-state index in [0.717, 1.165) is 28.2 Å².